The minimum absolute atomic E-state index is 0.241. The normalized spacial score (nSPS) is 17.2. The third-order valence-corrected chi connectivity index (χ3v) is 3.36. The Morgan fingerprint density at radius 1 is 1.31 bits per heavy atom. The Bertz CT molecular complexity index is 339. The molecule has 0 bridgehead atoms. The Hall–Kier alpha value is -1.09. The van der Waals surface area contributed by atoms with Gasteiger partial charge in [0.2, 0.25) is 0 Å². The number of rotatable bonds is 3. The lowest BCUT2D eigenvalue weighted by atomic mass is 10.1. The molecule has 0 spiro atoms. The van der Waals surface area contributed by atoms with Gasteiger partial charge in [-0.3, -0.25) is 4.90 Å². The van der Waals surface area contributed by atoms with Crippen LogP contribution in [0.2, 0.25) is 0 Å². The standard InChI is InChI=1S/C13H19FN2/c1-16(13-4-2-3-5-13)9-10-6-11(14)8-12(15)7-10/h6-8,13H,2-5,9,15H2,1H3. The second kappa shape index (κ2) is 4.83. The van der Waals surface area contributed by atoms with Gasteiger partial charge in [-0.15, -0.1) is 0 Å². The fourth-order valence-electron chi connectivity index (χ4n) is 2.53. The van der Waals surface area contributed by atoms with Crippen molar-refractivity contribution in [2.75, 3.05) is 12.8 Å². The number of hydrogen-bond acceptors (Lipinski definition) is 2. The first-order valence-electron chi connectivity index (χ1n) is 5.90. The average Bonchev–Trinajstić information content (AvgIpc) is 2.68. The van der Waals surface area contributed by atoms with E-state index < -0.39 is 0 Å². The van der Waals surface area contributed by atoms with E-state index in [4.69, 9.17) is 5.73 Å². The quantitative estimate of drug-likeness (QED) is 0.797. The Balaban J connectivity index is 2.02. The van der Waals surface area contributed by atoms with E-state index >= 15 is 0 Å². The molecule has 2 N–H and O–H groups in total. The molecule has 2 nitrogen and oxygen atoms in total. The third kappa shape index (κ3) is 2.73. The van der Waals surface area contributed by atoms with Gasteiger partial charge >= 0.3 is 0 Å². The monoisotopic (exact) mass is 222 g/mol. The Kier molecular flexibility index (Phi) is 3.44. The molecule has 1 aromatic carbocycles. The zero-order valence-corrected chi connectivity index (χ0v) is 9.75. The molecular formula is C13H19FN2. The van der Waals surface area contributed by atoms with Crippen molar-refractivity contribution in [2.45, 2.75) is 38.3 Å². The van der Waals surface area contributed by atoms with Gasteiger partial charge in [-0.2, -0.15) is 0 Å². The fourth-order valence-corrected chi connectivity index (χ4v) is 2.53. The second-order valence-electron chi connectivity index (χ2n) is 4.75. The van der Waals surface area contributed by atoms with Crippen molar-refractivity contribution in [2.24, 2.45) is 0 Å². The van der Waals surface area contributed by atoms with Crippen molar-refractivity contribution in [3.8, 4) is 0 Å². The van der Waals surface area contributed by atoms with E-state index in [0.717, 1.165) is 12.1 Å². The van der Waals surface area contributed by atoms with Crippen molar-refractivity contribution in [3.05, 3.63) is 29.6 Å². The van der Waals surface area contributed by atoms with Crippen LogP contribution < -0.4 is 5.73 Å². The van der Waals surface area contributed by atoms with E-state index in [0.29, 0.717) is 11.7 Å². The van der Waals surface area contributed by atoms with Gasteiger partial charge in [0.25, 0.3) is 0 Å². The molecule has 16 heavy (non-hydrogen) atoms. The number of halogens is 1. The van der Waals surface area contributed by atoms with E-state index in [1.54, 1.807) is 6.07 Å². The van der Waals surface area contributed by atoms with Crippen molar-refractivity contribution >= 4 is 5.69 Å². The van der Waals surface area contributed by atoms with Crippen LogP contribution in [0.25, 0.3) is 0 Å². The van der Waals surface area contributed by atoms with E-state index in [1.807, 2.05) is 6.07 Å². The number of nitrogen functional groups attached to an aromatic ring is 1. The van der Waals surface area contributed by atoms with Crippen LogP contribution in [0.4, 0.5) is 10.1 Å². The number of hydrogen-bond donors (Lipinski definition) is 1. The molecule has 0 aromatic heterocycles. The highest BCUT2D eigenvalue weighted by molar-refractivity contribution is 5.41. The first-order chi connectivity index (χ1) is 7.65. The smallest absolute Gasteiger partial charge is 0.125 e. The van der Waals surface area contributed by atoms with Gasteiger partial charge in [-0.05, 0) is 43.7 Å². The molecule has 3 heteroatoms. The molecule has 0 aliphatic heterocycles. The molecule has 0 heterocycles. The van der Waals surface area contributed by atoms with Gasteiger partial charge < -0.3 is 5.73 Å². The van der Waals surface area contributed by atoms with Crippen LogP contribution in [0.1, 0.15) is 31.2 Å². The van der Waals surface area contributed by atoms with Gasteiger partial charge in [-0.25, -0.2) is 4.39 Å². The number of nitrogens with zero attached hydrogens (tertiary/aromatic N) is 1. The van der Waals surface area contributed by atoms with Gasteiger partial charge in [0, 0.05) is 18.3 Å². The highest BCUT2D eigenvalue weighted by atomic mass is 19.1. The summed E-state index contributed by atoms with van der Waals surface area (Å²) in [6, 6.07) is 5.44. The van der Waals surface area contributed by atoms with Crippen LogP contribution in [0.5, 0.6) is 0 Å². The molecule has 0 amide bonds. The molecule has 1 aromatic rings. The Morgan fingerprint density at radius 2 is 2.00 bits per heavy atom. The van der Waals surface area contributed by atoms with Crippen molar-refractivity contribution in [1.82, 2.24) is 4.90 Å². The zero-order chi connectivity index (χ0) is 11.5. The summed E-state index contributed by atoms with van der Waals surface area (Å²) in [6.07, 6.45) is 5.17. The summed E-state index contributed by atoms with van der Waals surface area (Å²) in [5.41, 5.74) is 7.10. The fraction of sp³-hybridized carbons (Fsp3) is 0.538. The van der Waals surface area contributed by atoms with Crippen LogP contribution in [0.3, 0.4) is 0 Å². The van der Waals surface area contributed by atoms with E-state index in [2.05, 4.69) is 11.9 Å². The maximum atomic E-state index is 13.2. The van der Waals surface area contributed by atoms with Crippen molar-refractivity contribution in [3.63, 3.8) is 0 Å². The van der Waals surface area contributed by atoms with Crippen LogP contribution in [0, 0.1) is 5.82 Å². The predicted octanol–water partition coefficient (Wildman–Crippen LogP) is 2.78. The van der Waals surface area contributed by atoms with Gasteiger partial charge in [0.1, 0.15) is 5.82 Å². The summed E-state index contributed by atoms with van der Waals surface area (Å²) in [5, 5.41) is 0. The predicted molar refractivity (Wildman–Crippen MR) is 64.5 cm³/mol. The molecule has 88 valence electrons. The topological polar surface area (TPSA) is 29.3 Å². The molecule has 1 saturated carbocycles. The lowest BCUT2D eigenvalue weighted by Crippen LogP contribution is -2.28. The largest absolute Gasteiger partial charge is 0.399 e. The van der Waals surface area contributed by atoms with E-state index in [-0.39, 0.29) is 5.82 Å². The Morgan fingerprint density at radius 3 is 2.62 bits per heavy atom. The highest BCUT2D eigenvalue weighted by Crippen LogP contribution is 2.24. The highest BCUT2D eigenvalue weighted by Gasteiger charge is 2.19. The van der Waals surface area contributed by atoms with Gasteiger partial charge in [0.15, 0.2) is 0 Å². The molecule has 0 atom stereocenters. The summed E-state index contributed by atoms with van der Waals surface area (Å²) >= 11 is 0. The molecule has 1 aliphatic rings. The van der Waals surface area contributed by atoms with Crippen LogP contribution in [0.15, 0.2) is 18.2 Å². The Labute approximate surface area is 96.2 Å². The lowest BCUT2D eigenvalue weighted by molar-refractivity contribution is 0.237. The van der Waals surface area contributed by atoms with Crippen LogP contribution in [-0.4, -0.2) is 18.0 Å². The minimum atomic E-state index is -0.241. The molecule has 1 aliphatic carbocycles. The van der Waals surface area contributed by atoms with Gasteiger partial charge in [-0.1, -0.05) is 12.8 Å². The minimum Gasteiger partial charge on any atom is -0.399 e. The molecule has 2 rings (SSSR count). The maximum Gasteiger partial charge on any atom is 0.125 e. The van der Waals surface area contributed by atoms with Crippen molar-refractivity contribution < 1.29 is 4.39 Å². The first kappa shape index (κ1) is 11.4. The molecule has 1 fully saturated rings. The summed E-state index contributed by atoms with van der Waals surface area (Å²) in [6.45, 7) is 0.784. The average molecular weight is 222 g/mol. The summed E-state index contributed by atoms with van der Waals surface area (Å²) in [5.74, 6) is -0.241. The first-order valence-corrected chi connectivity index (χ1v) is 5.90. The van der Waals surface area contributed by atoms with Crippen LogP contribution >= 0.6 is 0 Å². The zero-order valence-electron chi connectivity index (χ0n) is 9.75. The maximum absolute atomic E-state index is 13.2. The number of benzene rings is 1. The van der Waals surface area contributed by atoms with Crippen LogP contribution in [-0.2, 0) is 6.54 Å². The number of nitrogens with two attached hydrogens (primary N) is 1. The number of anilines is 1. The lowest BCUT2D eigenvalue weighted by Gasteiger charge is -2.24. The summed E-state index contributed by atoms with van der Waals surface area (Å²) in [7, 11) is 2.11. The molecule has 0 radical (unpaired) electrons. The SMILES string of the molecule is CN(Cc1cc(N)cc(F)c1)C1CCCC1. The van der Waals surface area contributed by atoms with E-state index in [1.165, 1.54) is 31.7 Å². The second-order valence-corrected chi connectivity index (χ2v) is 4.75. The van der Waals surface area contributed by atoms with Gasteiger partial charge in [0.05, 0.1) is 0 Å². The summed E-state index contributed by atoms with van der Waals surface area (Å²) in [4.78, 5) is 2.31. The molecule has 0 unspecified atom stereocenters. The summed E-state index contributed by atoms with van der Waals surface area (Å²) < 4.78 is 13.2. The third-order valence-electron chi connectivity index (χ3n) is 3.36. The van der Waals surface area contributed by atoms with Crippen molar-refractivity contribution in [1.29, 1.82) is 0 Å². The van der Waals surface area contributed by atoms with E-state index in [9.17, 15) is 4.39 Å². The molecular weight excluding hydrogens is 203 g/mol. The molecule has 0 saturated heterocycles.